The first kappa shape index (κ1) is 22.3. The minimum absolute atomic E-state index is 0.0280. The van der Waals surface area contributed by atoms with Gasteiger partial charge in [-0.2, -0.15) is 0 Å². The maximum absolute atomic E-state index is 13.4. The van der Waals surface area contributed by atoms with Gasteiger partial charge in [0.1, 0.15) is 19.0 Å². The Labute approximate surface area is 203 Å². The molecule has 1 heterocycles. The lowest BCUT2D eigenvalue weighted by Crippen LogP contribution is -2.32. The molecule has 7 heteroatoms. The monoisotopic (exact) mass is 477 g/mol. The smallest absolute Gasteiger partial charge is 0.262 e. The van der Waals surface area contributed by atoms with Crippen molar-refractivity contribution in [2.75, 3.05) is 31.8 Å². The molecule has 6 nitrogen and oxygen atoms in total. The first-order valence-electron chi connectivity index (χ1n) is 11.2. The van der Waals surface area contributed by atoms with Gasteiger partial charge in [0, 0.05) is 22.7 Å². The van der Waals surface area contributed by atoms with E-state index in [1.807, 2.05) is 36.4 Å². The number of anilines is 1. The Morgan fingerprint density at radius 3 is 2.53 bits per heavy atom. The van der Waals surface area contributed by atoms with Crippen molar-refractivity contribution in [1.82, 2.24) is 0 Å². The van der Waals surface area contributed by atoms with Gasteiger partial charge >= 0.3 is 0 Å². The second-order valence-corrected chi connectivity index (χ2v) is 8.82. The van der Waals surface area contributed by atoms with Gasteiger partial charge in [-0.25, -0.2) is 0 Å². The Morgan fingerprint density at radius 2 is 1.79 bits per heavy atom. The van der Waals surface area contributed by atoms with Crippen LogP contribution in [0.4, 0.5) is 5.69 Å². The van der Waals surface area contributed by atoms with Gasteiger partial charge in [0.15, 0.2) is 17.3 Å². The number of rotatable bonds is 7. The highest BCUT2D eigenvalue weighted by molar-refractivity contribution is 6.30. The van der Waals surface area contributed by atoms with E-state index in [0.717, 1.165) is 24.0 Å². The molecule has 3 aromatic rings. The third kappa shape index (κ3) is 4.59. The number of amides is 1. The van der Waals surface area contributed by atoms with Gasteiger partial charge in [0.05, 0.1) is 19.2 Å². The predicted molar refractivity (Wildman–Crippen MR) is 130 cm³/mol. The molecule has 3 aromatic carbocycles. The first-order chi connectivity index (χ1) is 16.5. The number of Topliss-reactive ketones (excluding diaryl/α,β-unsaturated/α-hetero) is 1. The molecule has 0 bridgehead atoms. The van der Waals surface area contributed by atoms with Gasteiger partial charge in [-0.3, -0.25) is 9.59 Å². The van der Waals surface area contributed by atoms with Gasteiger partial charge in [0.25, 0.3) is 5.91 Å². The molecule has 34 heavy (non-hydrogen) atoms. The van der Waals surface area contributed by atoms with Crippen molar-refractivity contribution in [2.45, 2.75) is 12.8 Å². The van der Waals surface area contributed by atoms with Crippen LogP contribution in [0.3, 0.4) is 0 Å². The molecular formula is C27H24ClNO5. The minimum atomic E-state index is -0.158. The Hall–Kier alpha value is -3.51. The molecule has 1 aliphatic heterocycles. The number of ether oxygens (including phenoxy) is 3. The van der Waals surface area contributed by atoms with E-state index in [2.05, 4.69) is 0 Å². The molecule has 2 aliphatic rings. The number of nitrogens with zero attached hydrogens (tertiary/aromatic N) is 1. The molecule has 0 unspecified atom stereocenters. The largest absolute Gasteiger partial charge is 0.493 e. The zero-order valence-electron chi connectivity index (χ0n) is 18.8. The Balaban J connectivity index is 1.38. The van der Waals surface area contributed by atoms with E-state index in [4.69, 9.17) is 25.8 Å². The van der Waals surface area contributed by atoms with Crippen LogP contribution in [-0.2, 0) is 4.79 Å². The normalized spacial score (nSPS) is 15.2. The number of hydrogen-bond acceptors (Lipinski definition) is 5. The van der Waals surface area contributed by atoms with Crippen LogP contribution in [0.2, 0.25) is 5.02 Å². The lowest BCUT2D eigenvalue weighted by molar-refractivity contribution is -0.122. The molecule has 0 atom stereocenters. The summed E-state index contributed by atoms with van der Waals surface area (Å²) in [4.78, 5) is 27.1. The first-order valence-corrected chi connectivity index (χ1v) is 11.6. The number of carbonyl (C=O) groups excluding carboxylic acids is 2. The van der Waals surface area contributed by atoms with Crippen molar-refractivity contribution in [1.29, 1.82) is 0 Å². The van der Waals surface area contributed by atoms with E-state index in [1.54, 1.807) is 29.2 Å². The van der Waals surface area contributed by atoms with Gasteiger partial charge in [-0.05, 0) is 60.4 Å². The molecule has 0 spiro atoms. The minimum Gasteiger partial charge on any atom is -0.493 e. The maximum Gasteiger partial charge on any atom is 0.262 e. The standard InChI is InChI=1S/C27H24ClNO5/c1-32-26-15-21(9-11-24(26)34-16-23(30)18-2-3-18)29-12-13-33-25-14-19(6-10-22(25)27(29)31)17-4-7-20(28)8-5-17/h4-11,14-15,18H,2-3,12-13,16H2,1H3. The number of ketones is 1. The summed E-state index contributed by atoms with van der Waals surface area (Å²) >= 11 is 6.00. The van der Waals surface area contributed by atoms with E-state index >= 15 is 0 Å². The number of halogens is 1. The summed E-state index contributed by atoms with van der Waals surface area (Å²) in [7, 11) is 1.54. The van der Waals surface area contributed by atoms with Crippen LogP contribution in [0.15, 0.2) is 60.7 Å². The van der Waals surface area contributed by atoms with Crippen LogP contribution < -0.4 is 19.1 Å². The summed E-state index contributed by atoms with van der Waals surface area (Å²) in [6, 6.07) is 18.4. The number of carbonyl (C=O) groups is 2. The quantitative estimate of drug-likeness (QED) is 0.455. The lowest BCUT2D eigenvalue weighted by Gasteiger charge is -2.21. The Kier molecular flexibility index (Phi) is 6.16. The van der Waals surface area contributed by atoms with Gasteiger partial charge in [-0.15, -0.1) is 0 Å². The summed E-state index contributed by atoms with van der Waals surface area (Å²) in [6.45, 7) is 0.757. The van der Waals surface area contributed by atoms with Gasteiger partial charge < -0.3 is 19.1 Å². The fraction of sp³-hybridized carbons (Fsp3) is 0.259. The number of hydrogen-bond donors (Lipinski definition) is 0. The van der Waals surface area contributed by atoms with Crippen LogP contribution >= 0.6 is 11.6 Å². The molecule has 1 fully saturated rings. The van der Waals surface area contributed by atoms with Crippen molar-refractivity contribution in [3.05, 3.63) is 71.2 Å². The average molecular weight is 478 g/mol. The summed E-state index contributed by atoms with van der Waals surface area (Å²) in [5.74, 6) is 1.59. The van der Waals surface area contributed by atoms with Crippen LogP contribution in [0, 0.1) is 5.92 Å². The zero-order valence-corrected chi connectivity index (χ0v) is 19.5. The summed E-state index contributed by atoms with van der Waals surface area (Å²) in [5.41, 5.74) is 3.09. The van der Waals surface area contributed by atoms with Crippen LogP contribution in [0.25, 0.3) is 11.1 Å². The van der Waals surface area contributed by atoms with Crippen molar-refractivity contribution in [3.63, 3.8) is 0 Å². The van der Waals surface area contributed by atoms with Gasteiger partial charge in [-0.1, -0.05) is 29.8 Å². The van der Waals surface area contributed by atoms with Crippen molar-refractivity contribution >= 4 is 29.0 Å². The number of methoxy groups -OCH3 is 1. The summed E-state index contributed by atoms with van der Waals surface area (Å²) < 4.78 is 17.1. The highest BCUT2D eigenvalue weighted by Crippen LogP contribution is 2.36. The number of benzene rings is 3. The van der Waals surface area contributed by atoms with Crippen LogP contribution in [-0.4, -0.2) is 38.6 Å². The summed E-state index contributed by atoms with van der Waals surface area (Å²) in [5, 5.41) is 0.668. The second kappa shape index (κ2) is 9.39. The molecule has 0 saturated heterocycles. The second-order valence-electron chi connectivity index (χ2n) is 8.39. The molecule has 1 amide bonds. The maximum atomic E-state index is 13.4. The van der Waals surface area contributed by atoms with Crippen LogP contribution in [0.1, 0.15) is 23.2 Å². The van der Waals surface area contributed by atoms with Crippen molar-refractivity contribution in [3.8, 4) is 28.4 Å². The van der Waals surface area contributed by atoms with E-state index in [1.165, 1.54) is 7.11 Å². The highest BCUT2D eigenvalue weighted by Gasteiger charge is 2.30. The zero-order chi connectivity index (χ0) is 23.7. The van der Waals surface area contributed by atoms with Gasteiger partial charge in [0.2, 0.25) is 0 Å². The predicted octanol–water partition coefficient (Wildman–Crippen LogP) is 5.41. The van der Waals surface area contributed by atoms with E-state index in [-0.39, 0.29) is 24.2 Å². The average Bonchev–Trinajstić information content (AvgIpc) is 3.71. The van der Waals surface area contributed by atoms with Crippen LogP contribution in [0.5, 0.6) is 17.2 Å². The number of fused-ring (bicyclic) bond motifs is 1. The Bertz CT molecular complexity index is 1240. The molecule has 1 saturated carbocycles. The fourth-order valence-corrected chi connectivity index (χ4v) is 4.12. The molecule has 1 aliphatic carbocycles. The molecular weight excluding hydrogens is 454 g/mol. The van der Waals surface area contributed by atoms with Crippen molar-refractivity contribution in [2.24, 2.45) is 5.92 Å². The Morgan fingerprint density at radius 1 is 1.03 bits per heavy atom. The topological polar surface area (TPSA) is 65.1 Å². The molecule has 5 rings (SSSR count). The molecule has 0 aromatic heterocycles. The van der Waals surface area contributed by atoms with E-state index in [9.17, 15) is 9.59 Å². The van der Waals surface area contributed by atoms with E-state index in [0.29, 0.717) is 46.7 Å². The van der Waals surface area contributed by atoms with E-state index < -0.39 is 0 Å². The SMILES string of the molecule is COc1cc(N2CCOc3cc(-c4ccc(Cl)cc4)ccc3C2=O)ccc1OCC(=O)C1CC1. The third-order valence-electron chi connectivity index (χ3n) is 6.07. The van der Waals surface area contributed by atoms with Crippen molar-refractivity contribution < 1.29 is 23.8 Å². The molecule has 0 radical (unpaired) electrons. The third-order valence-corrected chi connectivity index (χ3v) is 6.32. The highest BCUT2D eigenvalue weighted by atomic mass is 35.5. The fourth-order valence-electron chi connectivity index (χ4n) is 4.00. The molecule has 174 valence electrons. The summed E-state index contributed by atoms with van der Waals surface area (Å²) in [6.07, 6.45) is 1.89. The lowest BCUT2D eigenvalue weighted by atomic mass is 10.0. The molecule has 0 N–H and O–H groups in total.